The van der Waals surface area contributed by atoms with Crippen LogP contribution in [0, 0.1) is 19.8 Å². The van der Waals surface area contributed by atoms with Crippen molar-refractivity contribution in [3.8, 4) is 5.75 Å². The Morgan fingerprint density at radius 3 is 2.24 bits per heavy atom. The second-order valence-electron chi connectivity index (χ2n) is 11.6. The van der Waals surface area contributed by atoms with Gasteiger partial charge in [-0.3, -0.25) is 4.79 Å². The normalized spacial score (nSPS) is 14.6. The maximum Gasteiger partial charge on any atom is 0.328 e. The average Bonchev–Trinajstić information content (AvgIpc) is 3.67. The molecule has 0 aliphatic heterocycles. The molecule has 0 spiro atoms. The van der Waals surface area contributed by atoms with Crippen LogP contribution in [0.25, 0.3) is 0 Å². The number of ether oxygens (including phenoxy) is 3. The first kappa shape index (κ1) is 31.9. The van der Waals surface area contributed by atoms with Crippen LogP contribution < -0.4 is 20.7 Å². The summed E-state index contributed by atoms with van der Waals surface area (Å²) in [6.45, 7) is 11.5. The number of carboxylic acid groups (broad SMARTS) is 1. The first-order valence-electron chi connectivity index (χ1n) is 13.9. The summed E-state index contributed by atoms with van der Waals surface area (Å²) in [5.41, 5.74) is 3.46. The zero-order valence-electron chi connectivity index (χ0n) is 25.1. The minimum Gasteiger partial charge on any atom is -0.491 e. The van der Waals surface area contributed by atoms with Gasteiger partial charge in [-0.2, -0.15) is 0 Å². The first-order valence-corrected chi connectivity index (χ1v) is 13.9. The van der Waals surface area contributed by atoms with Crippen molar-refractivity contribution in [3.05, 3.63) is 52.6 Å². The smallest absolute Gasteiger partial charge is 0.328 e. The van der Waals surface area contributed by atoms with Gasteiger partial charge in [0.1, 0.15) is 12.4 Å². The molecule has 224 valence electrons. The number of aliphatic carboxylic acids is 1. The van der Waals surface area contributed by atoms with Gasteiger partial charge in [0.2, 0.25) is 0 Å². The van der Waals surface area contributed by atoms with E-state index in [4.69, 9.17) is 14.2 Å². The van der Waals surface area contributed by atoms with E-state index in [2.05, 4.69) is 28.1 Å². The Labute approximate surface area is 242 Å². The number of nitrogens with one attached hydrogen (secondary N) is 3. The summed E-state index contributed by atoms with van der Waals surface area (Å²) in [7, 11) is 1.56. The second kappa shape index (κ2) is 13.8. The van der Waals surface area contributed by atoms with Gasteiger partial charge < -0.3 is 35.3 Å². The van der Waals surface area contributed by atoms with E-state index >= 15 is 0 Å². The number of carbonyl (C=O) groups excluding carboxylic acids is 2. The van der Waals surface area contributed by atoms with Gasteiger partial charge in [0.15, 0.2) is 6.04 Å². The number of rotatable bonds is 13. The van der Waals surface area contributed by atoms with E-state index in [9.17, 15) is 19.5 Å². The summed E-state index contributed by atoms with van der Waals surface area (Å²) in [5, 5.41) is 18.0. The molecular formula is C31H43N3O7. The number of carboxylic acids is 1. The van der Waals surface area contributed by atoms with Gasteiger partial charge in [-0.15, -0.1) is 0 Å². The van der Waals surface area contributed by atoms with Crippen molar-refractivity contribution in [1.29, 1.82) is 0 Å². The van der Waals surface area contributed by atoms with E-state index in [-0.39, 0.29) is 17.9 Å². The van der Waals surface area contributed by atoms with Crippen molar-refractivity contribution >= 4 is 29.3 Å². The SMILES string of the molecule is COCCOc1ccc(C(=O)N[C@@H](C(=O)O)[C@H](C)OC(C)(C)C)c(NC(=O)Nc2c(C)cc(CC3CC3)cc2C)c1. The Kier molecular flexibility index (Phi) is 10.8. The van der Waals surface area contributed by atoms with Gasteiger partial charge in [-0.1, -0.05) is 12.1 Å². The molecule has 2 aromatic rings. The zero-order valence-corrected chi connectivity index (χ0v) is 25.1. The monoisotopic (exact) mass is 569 g/mol. The minimum atomic E-state index is -1.32. The molecule has 1 aliphatic rings. The van der Waals surface area contributed by atoms with E-state index in [1.165, 1.54) is 30.5 Å². The fraction of sp³-hybridized carbons (Fsp3) is 0.516. The Hall–Kier alpha value is -3.63. The molecule has 10 heteroatoms. The quantitative estimate of drug-likeness (QED) is 0.240. The van der Waals surface area contributed by atoms with E-state index in [0.29, 0.717) is 18.0 Å². The molecular weight excluding hydrogens is 526 g/mol. The Bertz CT molecular complexity index is 1230. The number of urea groups is 1. The molecule has 3 rings (SSSR count). The number of methoxy groups -OCH3 is 1. The van der Waals surface area contributed by atoms with E-state index in [1.807, 2.05) is 13.8 Å². The molecule has 1 aliphatic carbocycles. The number of benzene rings is 2. The van der Waals surface area contributed by atoms with Gasteiger partial charge in [-0.25, -0.2) is 9.59 Å². The zero-order chi connectivity index (χ0) is 30.3. The molecule has 10 nitrogen and oxygen atoms in total. The summed E-state index contributed by atoms with van der Waals surface area (Å²) in [5.74, 6) is -0.761. The van der Waals surface area contributed by atoms with E-state index in [0.717, 1.165) is 23.5 Å². The third-order valence-corrected chi connectivity index (χ3v) is 6.65. The van der Waals surface area contributed by atoms with Crippen LogP contribution in [-0.4, -0.2) is 61.1 Å². The van der Waals surface area contributed by atoms with Gasteiger partial charge in [0.05, 0.1) is 29.6 Å². The molecule has 2 atom stereocenters. The molecule has 0 saturated heterocycles. The predicted molar refractivity (Wildman–Crippen MR) is 158 cm³/mol. The van der Waals surface area contributed by atoms with Crippen LogP contribution >= 0.6 is 0 Å². The fourth-order valence-electron chi connectivity index (χ4n) is 4.67. The van der Waals surface area contributed by atoms with Gasteiger partial charge in [0.25, 0.3) is 5.91 Å². The van der Waals surface area contributed by atoms with Gasteiger partial charge >= 0.3 is 12.0 Å². The molecule has 0 unspecified atom stereocenters. The molecule has 1 fully saturated rings. The largest absolute Gasteiger partial charge is 0.491 e. The van der Waals surface area contributed by atoms with Crippen molar-refractivity contribution in [1.82, 2.24) is 5.32 Å². The molecule has 3 amide bonds. The summed E-state index contributed by atoms with van der Waals surface area (Å²) >= 11 is 0. The third kappa shape index (κ3) is 9.75. The lowest BCUT2D eigenvalue weighted by Gasteiger charge is -2.29. The van der Waals surface area contributed by atoms with Crippen molar-refractivity contribution < 1.29 is 33.7 Å². The lowest BCUT2D eigenvalue weighted by molar-refractivity contribution is -0.146. The van der Waals surface area contributed by atoms with E-state index < -0.39 is 35.7 Å². The maximum atomic E-state index is 13.3. The fourth-order valence-corrected chi connectivity index (χ4v) is 4.67. The lowest BCUT2D eigenvalue weighted by Crippen LogP contribution is -2.50. The van der Waals surface area contributed by atoms with Crippen molar-refractivity contribution in [2.24, 2.45) is 5.92 Å². The first-order chi connectivity index (χ1) is 19.3. The summed E-state index contributed by atoms with van der Waals surface area (Å²) < 4.78 is 16.5. The van der Waals surface area contributed by atoms with Crippen molar-refractivity contribution in [3.63, 3.8) is 0 Å². The van der Waals surface area contributed by atoms with Gasteiger partial charge in [-0.05, 0) is 95.5 Å². The highest BCUT2D eigenvalue weighted by Gasteiger charge is 2.31. The minimum absolute atomic E-state index is 0.0710. The second-order valence-corrected chi connectivity index (χ2v) is 11.6. The molecule has 0 radical (unpaired) electrons. The highest BCUT2D eigenvalue weighted by atomic mass is 16.5. The lowest BCUT2D eigenvalue weighted by atomic mass is 10.0. The Morgan fingerprint density at radius 1 is 1.02 bits per heavy atom. The van der Waals surface area contributed by atoms with Crippen molar-refractivity contribution in [2.75, 3.05) is 31.0 Å². The topological polar surface area (TPSA) is 135 Å². The number of aryl methyl sites for hydroxylation is 2. The molecule has 4 N–H and O–H groups in total. The summed E-state index contributed by atoms with van der Waals surface area (Å²) in [4.78, 5) is 38.5. The number of anilines is 2. The van der Waals surface area contributed by atoms with Crippen LogP contribution in [0.15, 0.2) is 30.3 Å². The number of hydrogen-bond donors (Lipinski definition) is 4. The molecule has 1 saturated carbocycles. The number of carbonyl (C=O) groups is 3. The summed E-state index contributed by atoms with van der Waals surface area (Å²) in [6, 6.07) is 6.89. The van der Waals surface area contributed by atoms with Gasteiger partial charge in [0, 0.05) is 18.9 Å². The summed E-state index contributed by atoms with van der Waals surface area (Å²) in [6.07, 6.45) is 2.75. The number of amides is 3. The third-order valence-electron chi connectivity index (χ3n) is 6.65. The maximum absolute atomic E-state index is 13.3. The predicted octanol–water partition coefficient (Wildman–Crippen LogP) is 5.31. The van der Waals surface area contributed by atoms with Crippen LogP contribution in [0.4, 0.5) is 16.2 Å². The van der Waals surface area contributed by atoms with Crippen LogP contribution in [0.1, 0.15) is 67.6 Å². The molecule has 0 bridgehead atoms. The molecule has 0 heterocycles. The van der Waals surface area contributed by atoms with Crippen LogP contribution in [-0.2, 0) is 20.7 Å². The molecule has 2 aromatic carbocycles. The standard InChI is InChI=1S/C31H43N3O7/c1-18-14-22(16-21-8-9-21)15-19(2)26(18)34-30(38)32-25-17-23(40-13-12-39-7)10-11-24(25)28(35)33-27(29(36)37)20(3)41-31(4,5)6/h10-11,14-15,17,20-21,27H,8-9,12-13,16H2,1-7H3,(H,33,35)(H,36,37)(H2,32,34,38)/t20-,27+/m0/s1. The highest BCUT2D eigenvalue weighted by molar-refractivity contribution is 6.07. The molecule has 0 aromatic heterocycles. The van der Waals surface area contributed by atoms with Crippen LogP contribution in [0.5, 0.6) is 5.75 Å². The van der Waals surface area contributed by atoms with Crippen LogP contribution in [0.2, 0.25) is 0 Å². The van der Waals surface area contributed by atoms with Crippen molar-refractivity contribution in [2.45, 2.75) is 78.6 Å². The number of hydrogen-bond acceptors (Lipinski definition) is 6. The Balaban J connectivity index is 1.83. The molecule has 41 heavy (non-hydrogen) atoms. The Morgan fingerprint density at radius 2 is 1.68 bits per heavy atom. The highest BCUT2D eigenvalue weighted by Crippen LogP contribution is 2.34. The van der Waals surface area contributed by atoms with E-state index in [1.54, 1.807) is 40.9 Å². The van der Waals surface area contributed by atoms with Crippen LogP contribution in [0.3, 0.4) is 0 Å². The average molecular weight is 570 g/mol.